The molecule has 0 atom stereocenters. The molecule has 0 bridgehead atoms. The Morgan fingerprint density at radius 3 is 2.42 bits per heavy atom. The quantitative estimate of drug-likeness (QED) is 0.816. The summed E-state index contributed by atoms with van der Waals surface area (Å²) in [6.45, 7) is 11.7. The van der Waals surface area contributed by atoms with Crippen LogP contribution in [0.25, 0.3) is 0 Å². The minimum absolute atomic E-state index is 0.276. The van der Waals surface area contributed by atoms with E-state index in [1.165, 1.54) is 5.69 Å². The van der Waals surface area contributed by atoms with E-state index in [1.54, 1.807) is 0 Å². The first kappa shape index (κ1) is 14.1. The smallest absolute Gasteiger partial charge is 0.222 e. The van der Waals surface area contributed by atoms with E-state index in [-0.39, 0.29) is 5.91 Å². The number of amides is 1. The van der Waals surface area contributed by atoms with Gasteiger partial charge < -0.3 is 4.90 Å². The molecule has 0 N–H and O–H groups in total. The number of hydrogen-bond acceptors (Lipinski definition) is 3. The Hall–Kier alpha value is -1.36. The maximum Gasteiger partial charge on any atom is 0.222 e. The Kier molecular flexibility index (Phi) is 4.58. The first-order valence-electron chi connectivity index (χ1n) is 7.11. The molecule has 1 amide bonds. The highest BCUT2D eigenvalue weighted by atomic mass is 16.2. The molecule has 0 aromatic carbocycles. The van der Waals surface area contributed by atoms with Crippen LogP contribution in [0.1, 0.15) is 24.7 Å². The van der Waals surface area contributed by atoms with Crippen molar-refractivity contribution in [3.8, 4) is 0 Å². The molecule has 1 fully saturated rings. The van der Waals surface area contributed by atoms with Gasteiger partial charge in [0.05, 0.1) is 12.2 Å². The van der Waals surface area contributed by atoms with Crippen LogP contribution < -0.4 is 0 Å². The molecule has 0 aliphatic carbocycles. The van der Waals surface area contributed by atoms with Crippen molar-refractivity contribution < 1.29 is 4.79 Å². The van der Waals surface area contributed by atoms with Crippen molar-refractivity contribution in [3.63, 3.8) is 0 Å². The lowest BCUT2D eigenvalue weighted by Gasteiger charge is -2.34. The maximum atomic E-state index is 11.6. The van der Waals surface area contributed by atoms with Gasteiger partial charge in [-0.05, 0) is 19.9 Å². The predicted octanol–water partition coefficient (Wildman–Crippen LogP) is 1.05. The highest BCUT2D eigenvalue weighted by molar-refractivity contribution is 5.75. The molecule has 5 heteroatoms. The lowest BCUT2D eigenvalue weighted by atomic mass is 10.3. The number of rotatable bonds is 4. The molecule has 2 heterocycles. The van der Waals surface area contributed by atoms with Crippen molar-refractivity contribution in [1.29, 1.82) is 0 Å². The van der Waals surface area contributed by atoms with E-state index in [0.717, 1.165) is 45.0 Å². The average Bonchev–Trinajstić information content (AvgIpc) is 2.74. The molecule has 2 rings (SSSR count). The van der Waals surface area contributed by atoms with E-state index in [2.05, 4.69) is 27.7 Å². The minimum Gasteiger partial charge on any atom is -0.340 e. The van der Waals surface area contributed by atoms with Gasteiger partial charge in [-0.3, -0.25) is 14.4 Å². The van der Waals surface area contributed by atoms with Gasteiger partial charge in [0, 0.05) is 44.8 Å². The van der Waals surface area contributed by atoms with Gasteiger partial charge in [-0.1, -0.05) is 6.92 Å². The summed E-state index contributed by atoms with van der Waals surface area (Å²) in [5, 5.41) is 4.48. The zero-order chi connectivity index (χ0) is 13.8. The van der Waals surface area contributed by atoms with Gasteiger partial charge >= 0.3 is 0 Å². The molecule has 0 spiro atoms. The fraction of sp³-hybridized carbons (Fsp3) is 0.714. The number of carbonyl (C=O) groups excluding carboxylic acids is 1. The maximum absolute atomic E-state index is 11.6. The molecular formula is C14H24N4O. The monoisotopic (exact) mass is 264 g/mol. The Labute approximate surface area is 115 Å². The third-order valence-corrected chi connectivity index (χ3v) is 3.76. The normalized spacial score (nSPS) is 16.9. The summed E-state index contributed by atoms with van der Waals surface area (Å²) >= 11 is 0. The van der Waals surface area contributed by atoms with Crippen LogP contribution in [-0.2, 0) is 11.3 Å². The fourth-order valence-corrected chi connectivity index (χ4v) is 2.58. The first-order chi connectivity index (χ1) is 9.10. The third kappa shape index (κ3) is 3.56. The van der Waals surface area contributed by atoms with Crippen LogP contribution in [0.3, 0.4) is 0 Å². The predicted molar refractivity (Wildman–Crippen MR) is 75.0 cm³/mol. The number of carbonyl (C=O) groups is 1. The van der Waals surface area contributed by atoms with Crippen molar-refractivity contribution in [3.05, 3.63) is 17.5 Å². The van der Waals surface area contributed by atoms with Crippen molar-refractivity contribution >= 4 is 5.91 Å². The minimum atomic E-state index is 0.276. The zero-order valence-corrected chi connectivity index (χ0v) is 12.2. The van der Waals surface area contributed by atoms with Gasteiger partial charge in [0.2, 0.25) is 5.91 Å². The van der Waals surface area contributed by atoms with E-state index in [1.807, 2.05) is 18.7 Å². The molecule has 19 heavy (non-hydrogen) atoms. The summed E-state index contributed by atoms with van der Waals surface area (Å²) < 4.78 is 2.07. The van der Waals surface area contributed by atoms with Crippen molar-refractivity contribution in [1.82, 2.24) is 19.6 Å². The van der Waals surface area contributed by atoms with E-state index < -0.39 is 0 Å². The number of nitrogens with zero attached hydrogens (tertiary/aromatic N) is 4. The molecule has 5 nitrogen and oxygen atoms in total. The second-order valence-electron chi connectivity index (χ2n) is 5.23. The largest absolute Gasteiger partial charge is 0.340 e. The molecule has 1 aliphatic rings. The molecule has 1 aromatic heterocycles. The molecule has 1 saturated heterocycles. The Balaban J connectivity index is 1.77. The van der Waals surface area contributed by atoms with Gasteiger partial charge in [-0.2, -0.15) is 5.10 Å². The number of aromatic nitrogens is 2. The highest BCUT2D eigenvalue weighted by Gasteiger charge is 2.19. The molecule has 1 aliphatic heterocycles. The Morgan fingerprint density at radius 1 is 1.21 bits per heavy atom. The van der Waals surface area contributed by atoms with Crippen LogP contribution in [-0.4, -0.2) is 58.2 Å². The van der Waals surface area contributed by atoms with Gasteiger partial charge in [-0.25, -0.2) is 0 Å². The Morgan fingerprint density at radius 2 is 1.89 bits per heavy atom. The molecule has 0 unspecified atom stereocenters. The van der Waals surface area contributed by atoms with Gasteiger partial charge in [0.15, 0.2) is 0 Å². The van der Waals surface area contributed by atoms with Crippen LogP contribution in [0.5, 0.6) is 0 Å². The van der Waals surface area contributed by atoms with Crippen LogP contribution in [0.2, 0.25) is 0 Å². The topological polar surface area (TPSA) is 41.4 Å². The highest BCUT2D eigenvalue weighted by Crippen LogP contribution is 2.06. The summed E-state index contributed by atoms with van der Waals surface area (Å²) in [6.07, 6.45) is 0.617. The summed E-state index contributed by atoms with van der Waals surface area (Å²) in [4.78, 5) is 16.0. The SMILES string of the molecule is CCC(=O)N1CCN(CCn2nc(C)cc2C)CC1. The van der Waals surface area contributed by atoms with Crippen molar-refractivity contribution in [2.45, 2.75) is 33.7 Å². The van der Waals surface area contributed by atoms with Crippen LogP contribution in [0.15, 0.2) is 6.07 Å². The summed E-state index contributed by atoms with van der Waals surface area (Å²) in [5.74, 6) is 0.276. The molecule has 106 valence electrons. The number of aryl methyl sites for hydroxylation is 2. The zero-order valence-electron chi connectivity index (χ0n) is 12.2. The second kappa shape index (κ2) is 6.19. The lowest BCUT2D eigenvalue weighted by molar-refractivity contribution is -0.132. The van der Waals surface area contributed by atoms with Crippen LogP contribution in [0, 0.1) is 13.8 Å². The van der Waals surface area contributed by atoms with Crippen LogP contribution in [0.4, 0.5) is 0 Å². The summed E-state index contributed by atoms with van der Waals surface area (Å²) in [7, 11) is 0. The van der Waals surface area contributed by atoms with Gasteiger partial charge in [0.1, 0.15) is 0 Å². The molecule has 0 radical (unpaired) electrons. The number of piperazine rings is 1. The van der Waals surface area contributed by atoms with Gasteiger partial charge in [-0.15, -0.1) is 0 Å². The van der Waals surface area contributed by atoms with E-state index in [0.29, 0.717) is 6.42 Å². The fourth-order valence-electron chi connectivity index (χ4n) is 2.58. The van der Waals surface area contributed by atoms with Gasteiger partial charge in [0.25, 0.3) is 0 Å². The van der Waals surface area contributed by atoms with E-state index in [9.17, 15) is 4.79 Å². The number of hydrogen-bond donors (Lipinski definition) is 0. The molecule has 1 aromatic rings. The lowest BCUT2D eigenvalue weighted by Crippen LogP contribution is -2.49. The summed E-state index contributed by atoms with van der Waals surface area (Å²) in [6, 6.07) is 2.11. The Bertz CT molecular complexity index is 433. The summed E-state index contributed by atoms with van der Waals surface area (Å²) in [5.41, 5.74) is 2.30. The second-order valence-corrected chi connectivity index (χ2v) is 5.23. The van der Waals surface area contributed by atoms with E-state index in [4.69, 9.17) is 0 Å². The molecule has 0 saturated carbocycles. The van der Waals surface area contributed by atoms with E-state index >= 15 is 0 Å². The van der Waals surface area contributed by atoms with Crippen molar-refractivity contribution in [2.24, 2.45) is 0 Å². The van der Waals surface area contributed by atoms with Crippen molar-refractivity contribution in [2.75, 3.05) is 32.7 Å². The van der Waals surface area contributed by atoms with Crippen LogP contribution >= 0.6 is 0 Å². The standard InChI is InChI=1S/C14H24N4O/c1-4-14(19)17-8-5-16(6-9-17)7-10-18-13(3)11-12(2)15-18/h11H,4-10H2,1-3H3. The third-order valence-electron chi connectivity index (χ3n) is 3.76. The molecular weight excluding hydrogens is 240 g/mol. The average molecular weight is 264 g/mol. The first-order valence-corrected chi connectivity index (χ1v) is 7.11.